The molecule has 0 aliphatic rings. The summed E-state index contributed by atoms with van der Waals surface area (Å²) in [5.74, 6) is -1.60. The Morgan fingerprint density at radius 1 is 1.08 bits per heavy atom. The second-order valence-electron chi connectivity index (χ2n) is 8.77. The predicted octanol–water partition coefficient (Wildman–Crippen LogP) is 4.55. The van der Waals surface area contributed by atoms with Gasteiger partial charge in [0.1, 0.15) is 29.8 Å². The molecule has 4 aromatic rings. The largest absolute Gasteiger partial charge is 0.470 e. The number of ether oxygens (including phenoxy) is 1. The number of hydrogen-bond donors (Lipinski definition) is 1. The standard InChI is InChI=1S/C25H22ClF2N5O4.C2H6/c1-13-10-30-20(32-7-5-6-16(23(32)34)25(3,4)36)9-19(13)33-14(2)31-22(21(26)24(33)35)37-12-18-17(28)8-15(27)11-29-18;1-2/h5-11,36H,12H2,1-4H3;1-2H3. The minimum Gasteiger partial charge on any atom is -0.470 e. The fraction of sp³-hybridized carbons (Fsp3) is 0.296. The van der Waals surface area contributed by atoms with Crippen LogP contribution in [0.15, 0.2) is 52.4 Å². The number of aromatic nitrogens is 5. The van der Waals surface area contributed by atoms with Gasteiger partial charge >= 0.3 is 0 Å². The highest BCUT2D eigenvalue weighted by Crippen LogP contribution is 2.23. The van der Waals surface area contributed by atoms with E-state index in [9.17, 15) is 23.5 Å². The van der Waals surface area contributed by atoms with Crippen molar-refractivity contribution in [2.24, 2.45) is 0 Å². The van der Waals surface area contributed by atoms with Crippen LogP contribution in [0.2, 0.25) is 5.02 Å². The molecule has 39 heavy (non-hydrogen) atoms. The van der Waals surface area contributed by atoms with Crippen LogP contribution in [0, 0.1) is 25.5 Å². The first-order chi connectivity index (χ1) is 18.4. The summed E-state index contributed by atoms with van der Waals surface area (Å²) in [5, 5.41) is 9.97. The summed E-state index contributed by atoms with van der Waals surface area (Å²) in [6, 6.07) is 5.32. The van der Waals surface area contributed by atoms with E-state index in [0.717, 1.165) is 6.20 Å². The lowest BCUT2D eigenvalue weighted by Gasteiger charge is -2.19. The predicted molar refractivity (Wildman–Crippen MR) is 143 cm³/mol. The molecule has 0 fully saturated rings. The van der Waals surface area contributed by atoms with Gasteiger partial charge in [0.15, 0.2) is 10.8 Å². The molecule has 0 aromatic carbocycles. The molecule has 0 spiro atoms. The maximum absolute atomic E-state index is 13.9. The van der Waals surface area contributed by atoms with E-state index in [-0.39, 0.29) is 33.8 Å². The maximum Gasteiger partial charge on any atom is 0.280 e. The average Bonchev–Trinajstić information content (AvgIpc) is 2.88. The number of rotatable bonds is 6. The summed E-state index contributed by atoms with van der Waals surface area (Å²) in [6.07, 6.45) is 3.83. The van der Waals surface area contributed by atoms with Gasteiger partial charge in [0.05, 0.1) is 17.5 Å². The van der Waals surface area contributed by atoms with Gasteiger partial charge in [-0.1, -0.05) is 25.4 Å². The lowest BCUT2D eigenvalue weighted by molar-refractivity contribution is 0.0767. The van der Waals surface area contributed by atoms with Gasteiger partial charge in [-0.05, 0) is 45.4 Å². The third-order valence-corrected chi connectivity index (χ3v) is 5.87. The molecule has 0 radical (unpaired) electrons. The zero-order valence-corrected chi connectivity index (χ0v) is 23.0. The van der Waals surface area contributed by atoms with Gasteiger partial charge < -0.3 is 9.84 Å². The van der Waals surface area contributed by atoms with E-state index in [1.807, 2.05) is 13.8 Å². The monoisotopic (exact) mass is 559 g/mol. The van der Waals surface area contributed by atoms with Crippen LogP contribution in [0.25, 0.3) is 11.5 Å². The zero-order valence-electron chi connectivity index (χ0n) is 22.3. The van der Waals surface area contributed by atoms with Crippen molar-refractivity contribution in [3.05, 3.63) is 103 Å². The van der Waals surface area contributed by atoms with Crippen molar-refractivity contribution >= 4 is 11.6 Å². The molecule has 0 aliphatic carbocycles. The Bertz CT molecular complexity index is 1630. The van der Waals surface area contributed by atoms with E-state index >= 15 is 0 Å². The minimum atomic E-state index is -1.37. The zero-order chi connectivity index (χ0) is 29.1. The highest BCUT2D eigenvalue weighted by Gasteiger charge is 2.22. The summed E-state index contributed by atoms with van der Waals surface area (Å²) >= 11 is 6.26. The molecule has 206 valence electrons. The van der Waals surface area contributed by atoms with E-state index in [4.69, 9.17) is 16.3 Å². The SMILES string of the molecule is CC.Cc1cnc(-n2cccc(C(C)(C)O)c2=O)cc1-n1c(C)nc(OCc2ncc(F)cc2F)c(Cl)c1=O. The average molecular weight is 560 g/mol. The van der Waals surface area contributed by atoms with Gasteiger partial charge in [0.2, 0.25) is 5.88 Å². The lowest BCUT2D eigenvalue weighted by Crippen LogP contribution is -2.31. The molecule has 0 bridgehead atoms. The fourth-order valence-corrected chi connectivity index (χ4v) is 3.84. The molecule has 4 heterocycles. The van der Waals surface area contributed by atoms with E-state index in [0.29, 0.717) is 17.3 Å². The first kappa shape index (κ1) is 29.6. The van der Waals surface area contributed by atoms with Gasteiger partial charge in [-0.15, -0.1) is 0 Å². The van der Waals surface area contributed by atoms with E-state index in [1.54, 1.807) is 19.9 Å². The Morgan fingerprint density at radius 2 is 1.77 bits per heavy atom. The van der Waals surface area contributed by atoms with Crippen molar-refractivity contribution in [3.8, 4) is 17.4 Å². The fourth-order valence-electron chi connectivity index (χ4n) is 3.66. The van der Waals surface area contributed by atoms with E-state index < -0.39 is 35.0 Å². The number of pyridine rings is 3. The van der Waals surface area contributed by atoms with Gasteiger partial charge in [-0.2, -0.15) is 4.98 Å². The van der Waals surface area contributed by atoms with Crippen LogP contribution in [0.4, 0.5) is 8.78 Å². The summed E-state index contributed by atoms with van der Waals surface area (Å²) in [6.45, 7) is 9.84. The topological polar surface area (TPSA) is 112 Å². The molecule has 0 aliphatic heterocycles. The number of aliphatic hydroxyl groups is 1. The third kappa shape index (κ3) is 6.21. The first-order valence-corrected chi connectivity index (χ1v) is 12.4. The minimum absolute atomic E-state index is 0.172. The first-order valence-electron chi connectivity index (χ1n) is 12.0. The molecular formula is C27H28ClF2N5O4. The third-order valence-electron chi connectivity index (χ3n) is 5.55. The molecule has 9 nitrogen and oxygen atoms in total. The van der Waals surface area contributed by atoms with Gasteiger partial charge in [-0.3, -0.25) is 23.7 Å². The Kier molecular flexibility index (Phi) is 8.98. The number of nitrogens with zero attached hydrogens (tertiary/aromatic N) is 5. The van der Waals surface area contributed by atoms with Gasteiger partial charge in [-0.25, -0.2) is 13.8 Å². The highest BCUT2D eigenvalue weighted by atomic mass is 35.5. The summed E-state index contributed by atoms with van der Waals surface area (Å²) in [4.78, 5) is 38.4. The smallest absolute Gasteiger partial charge is 0.280 e. The maximum atomic E-state index is 13.9. The molecule has 0 atom stereocenters. The van der Waals surface area contributed by atoms with Crippen LogP contribution >= 0.6 is 11.6 Å². The Balaban J connectivity index is 0.00000205. The Morgan fingerprint density at radius 3 is 2.41 bits per heavy atom. The summed E-state index contributed by atoms with van der Waals surface area (Å²) in [5.41, 5.74) is -1.58. The van der Waals surface area contributed by atoms with Crippen LogP contribution in [-0.2, 0) is 12.2 Å². The van der Waals surface area contributed by atoms with E-state index in [2.05, 4.69) is 15.0 Å². The molecule has 0 saturated carbocycles. The van der Waals surface area contributed by atoms with Gasteiger partial charge in [0.25, 0.3) is 11.1 Å². The second kappa shape index (κ2) is 11.8. The highest BCUT2D eigenvalue weighted by molar-refractivity contribution is 6.31. The van der Waals surface area contributed by atoms with Crippen LogP contribution < -0.4 is 15.9 Å². The quantitative estimate of drug-likeness (QED) is 0.369. The summed E-state index contributed by atoms with van der Waals surface area (Å²) in [7, 11) is 0. The molecule has 0 amide bonds. The van der Waals surface area contributed by atoms with Crippen molar-refractivity contribution < 1.29 is 18.6 Å². The molecule has 4 rings (SSSR count). The number of halogens is 3. The van der Waals surface area contributed by atoms with Crippen molar-refractivity contribution in [2.45, 2.75) is 53.8 Å². The summed E-state index contributed by atoms with van der Waals surface area (Å²) < 4.78 is 34.9. The molecular weight excluding hydrogens is 532 g/mol. The van der Waals surface area contributed by atoms with Crippen LogP contribution in [-0.4, -0.2) is 29.2 Å². The van der Waals surface area contributed by atoms with Crippen molar-refractivity contribution in [1.29, 1.82) is 0 Å². The van der Waals surface area contributed by atoms with Crippen LogP contribution in [0.5, 0.6) is 5.88 Å². The van der Waals surface area contributed by atoms with Crippen LogP contribution in [0.3, 0.4) is 0 Å². The second-order valence-corrected chi connectivity index (χ2v) is 9.15. The molecule has 0 unspecified atom stereocenters. The molecule has 1 N–H and O–H groups in total. The van der Waals surface area contributed by atoms with Crippen molar-refractivity contribution in [1.82, 2.24) is 24.1 Å². The van der Waals surface area contributed by atoms with Crippen LogP contribution in [0.1, 0.15) is 50.3 Å². The van der Waals surface area contributed by atoms with Gasteiger partial charge in [0, 0.05) is 30.1 Å². The van der Waals surface area contributed by atoms with Crippen molar-refractivity contribution in [3.63, 3.8) is 0 Å². The number of aryl methyl sites for hydroxylation is 2. The number of hydrogen-bond acceptors (Lipinski definition) is 7. The lowest BCUT2D eigenvalue weighted by atomic mass is 10.0. The molecule has 12 heteroatoms. The van der Waals surface area contributed by atoms with E-state index in [1.165, 1.54) is 47.5 Å². The normalized spacial score (nSPS) is 11.1. The molecule has 4 aromatic heterocycles. The Labute approximate surface area is 228 Å². The molecule has 0 saturated heterocycles. The Hall–Kier alpha value is -3.96. The van der Waals surface area contributed by atoms with Crippen molar-refractivity contribution in [2.75, 3.05) is 0 Å².